The highest BCUT2D eigenvalue weighted by molar-refractivity contribution is 5.80. The van der Waals surface area contributed by atoms with Crippen molar-refractivity contribution in [2.45, 2.75) is 58.2 Å². The monoisotopic (exact) mass is 299 g/mol. The van der Waals surface area contributed by atoms with Gasteiger partial charge in [0.25, 0.3) is 0 Å². The van der Waals surface area contributed by atoms with E-state index in [1.807, 2.05) is 6.92 Å². The molecule has 0 aliphatic carbocycles. The first-order chi connectivity index (χ1) is 9.82. The van der Waals surface area contributed by atoms with Gasteiger partial charge in [-0.25, -0.2) is 0 Å². The molecule has 1 saturated heterocycles. The minimum atomic E-state index is -0.603. The number of ether oxygens (including phenoxy) is 1. The molecule has 0 aromatic carbocycles. The van der Waals surface area contributed by atoms with E-state index in [1.165, 1.54) is 13.5 Å². The molecule has 1 heterocycles. The summed E-state index contributed by atoms with van der Waals surface area (Å²) in [6.45, 7) is 12.5. The van der Waals surface area contributed by atoms with E-state index in [0.29, 0.717) is 6.04 Å². The fourth-order valence-corrected chi connectivity index (χ4v) is 3.13. The summed E-state index contributed by atoms with van der Waals surface area (Å²) in [6.07, 6.45) is 1.95. The zero-order valence-corrected chi connectivity index (χ0v) is 14.6. The molecule has 1 fully saturated rings. The minimum absolute atomic E-state index is 0.169. The third-order valence-electron chi connectivity index (χ3n) is 4.50. The van der Waals surface area contributed by atoms with Gasteiger partial charge in [-0.2, -0.15) is 0 Å². The number of carbonyl (C=O) groups is 1. The van der Waals surface area contributed by atoms with Crippen LogP contribution in [0.2, 0.25) is 0 Å². The van der Waals surface area contributed by atoms with Crippen LogP contribution >= 0.6 is 0 Å². The molecule has 0 saturated carbocycles. The lowest BCUT2D eigenvalue weighted by Crippen LogP contribution is -2.56. The Bertz CT molecular complexity index is 335. The Morgan fingerprint density at radius 2 is 2.10 bits per heavy atom. The molecule has 0 radical (unpaired) electrons. The number of esters is 1. The molecule has 1 aliphatic heterocycles. The van der Waals surface area contributed by atoms with Gasteiger partial charge in [0.05, 0.1) is 7.11 Å². The Hall–Kier alpha value is -0.650. The molecular weight excluding hydrogens is 266 g/mol. The normalized spacial score (nSPS) is 24.0. The SMILES string of the molecule is CCC1CN(CCC(C)(NC(C)C)C(=O)OC)CCN1C. The first kappa shape index (κ1) is 18.4. The summed E-state index contributed by atoms with van der Waals surface area (Å²) < 4.78 is 4.99. The molecule has 5 nitrogen and oxygen atoms in total. The van der Waals surface area contributed by atoms with E-state index < -0.39 is 5.54 Å². The molecule has 0 amide bonds. The summed E-state index contributed by atoms with van der Waals surface area (Å²) >= 11 is 0. The number of hydrogen-bond acceptors (Lipinski definition) is 5. The average molecular weight is 299 g/mol. The zero-order chi connectivity index (χ0) is 16.0. The Balaban J connectivity index is 2.59. The Morgan fingerprint density at radius 3 is 2.62 bits per heavy atom. The first-order valence-electron chi connectivity index (χ1n) is 8.11. The van der Waals surface area contributed by atoms with Crippen molar-refractivity contribution in [2.24, 2.45) is 0 Å². The highest BCUT2D eigenvalue weighted by Crippen LogP contribution is 2.17. The highest BCUT2D eigenvalue weighted by atomic mass is 16.5. The van der Waals surface area contributed by atoms with E-state index in [2.05, 4.69) is 42.9 Å². The quantitative estimate of drug-likeness (QED) is 0.719. The number of methoxy groups -OCH3 is 1. The fourth-order valence-electron chi connectivity index (χ4n) is 3.13. The molecule has 5 heteroatoms. The second-order valence-electron chi connectivity index (χ2n) is 6.72. The van der Waals surface area contributed by atoms with Crippen molar-refractivity contribution >= 4 is 5.97 Å². The van der Waals surface area contributed by atoms with Gasteiger partial charge < -0.3 is 14.5 Å². The van der Waals surface area contributed by atoms with Crippen LogP contribution in [0.4, 0.5) is 0 Å². The smallest absolute Gasteiger partial charge is 0.325 e. The number of hydrogen-bond donors (Lipinski definition) is 1. The molecular formula is C16H33N3O2. The molecule has 0 aromatic heterocycles. The van der Waals surface area contributed by atoms with Crippen LogP contribution in [-0.2, 0) is 9.53 Å². The van der Waals surface area contributed by atoms with Crippen LogP contribution in [0.15, 0.2) is 0 Å². The maximum absolute atomic E-state index is 12.1. The highest BCUT2D eigenvalue weighted by Gasteiger charge is 2.35. The predicted molar refractivity (Wildman–Crippen MR) is 86.5 cm³/mol. The lowest BCUT2D eigenvalue weighted by molar-refractivity contribution is -0.148. The van der Waals surface area contributed by atoms with Crippen LogP contribution in [0.3, 0.4) is 0 Å². The summed E-state index contributed by atoms with van der Waals surface area (Å²) in [7, 11) is 3.66. The van der Waals surface area contributed by atoms with E-state index in [0.717, 1.165) is 32.6 Å². The number of nitrogens with one attached hydrogen (secondary N) is 1. The van der Waals surface area contributed by atoms with Crippen LogP contribution in [0, 0.1) is 0 Å². The topological polar surface area (TPSA) is 44.8 Å². The fraction of sp³-hybridized carbons (Fsp3) is 0.938. The molecule has 21 heavy (non-hydrogen) atoms. The molecule has 1 N–H and O–H groups in total. The van der Waals surface area contributed by atoms with Gasteiger partial charge in [-0.15, -0.1) is 0 Å². The standard InChI is InChI=1S/C16H33N3O2/c1-7-14-12-19(11-10-18(14)5)9-8-16(4,15(20)21-6)17-13(2)3/h13-14,17H,7-12H2,1-6H3. The lowest BCUT2D eigenvalue weighted by atomic mass is 9.96. The van der Waals surface area contributed by atoms with Crippen LogP contribution in [0.25, 0.3) is 0 Å². The van der Waals surface area contributed by atoms with E-state index in [-0.39, 0.29) is 12.0 Å². The van der Waals surface area contributed by atoms with Crippen molar-refractivity contribution in [2.75, 3.05) is 40.3 Å². The largest absolute Gasteiger partial charge is 0.468 e. The first-order valence-corrected chi connectivity index (χ1v) is 8.11. The number of piperazine rings is 1. The summed E-state index contributed by atoms with van der Waals surface area (Å²) in [5, 5.41) is 3.37. The van der Waals surface area contributed by atoms with Gasteiger partial charge in [0.1, 0.15) is 5.54 Å². The third kappa shape index (κ3) is 5.24. The average Bonchev–Trinajstić information content (AvgIpc) is 2.44. The number of likely N-dealkylation sites (N-methyl/N-ethyl adjacent to an activating group) is 1. The predicted octanol–water partition coefficient (Wildman–Crippen LogP) is 1.33. The van der Waals surface area contributed by atoms with Crippen molar-refractivity contribution < 1.29 is 9.53 Å². The van der Waals surface area contributed by atoms with Gasteiger partial charge in [0.2, 0.25) is 0 Å². The molecule has 0 spiro atoms. The van der Waals surface area contributed by atoms with Crippen LogP contribution in [0.1, 0.15) is 40.5 Å². The second kappa shape index (κ2) is 8.11. The van der Waals surface area contributed by atoms with Gasteiger partial charge in [0, 0.05) is 38.3 Å². The molecule has 124 valence electrons. The van der Waals surface area contributed by atoms with Crippen molar-refractivity contribution in [1.29, 1.82) is 0 Å². The van der Waals surface area contributed by atoms with Crippen LogP contribution in [-0.4, -0.2) is 73.7 Å². The second-order valence-corrected chi connectivity index (χ2v) is 6.72. The maximum atomic E-state index is 12.1. The molecule has 1 rings (SSSR count). The Labute approximate surface area is 130 Å². The maximum Gasteiger partial charge on any atom is 0.325 e. The summed E-state index contributed by atoms with van der Waals surface area (Å²) in [4.78, 5) is 17.0. The van der Waals surface area contributed by atoms with Crippen molar-refractivity contribution in [1.82, 2.24) is 15.1 Å². The van der Waals surface area contributed by atoms with Gasteiger partial charge in [-0.05, 0) is 40.7 Å². The van der Waals surface area contributed by atoms with Crippen molar-refractivity contribution in [3.63, 3.8) is 0 Å². The molecule has 2 atom stereocenters. The Kier molecular flexibility index (Phi) is 7.10. The van der Waals surface area contributed by atoms with Crippen LogP contribution < -0.4 is 5.32 Å². The lowest BCUT2D eigenvalue weighted by Gasteiger charge is -2.40. The summed E-state index contributed by atoms with van der Waals surface area (Å²) in [6, 6.07) is 0.881. The van der Waals surface area contributed by atoms with Gasteiger partial charge >= 0.3 is 5.97 Å². The van der Waals surface area contributed by atoms with E-state index in [4.69, 9.17) is 4.74 Å². The molecule has 0 bridgehead atoms. The Morgan fingerprint density at radius 1 is 1.43 bits per heavy atom. The van der Waals surface area contributed by atoms with Crippen molar-refractivity contribution in [3.8, 4) is 0 Å². The molecule has 0 aromatic rings. The van der Waals surface area contributed by atoms with Gasteiger partial charge in [0.15, 0.2) is 0 Å². The molecule has 2 unspecified atom stereocenters. The summed E-state index contributed by atoms with van der Waals surface area (Å²) in [5.74, 6) is -0.169. The summed E-state index contributed by atoms with van der Waals surface area (Å²) in [5.41, 5.74) is -0.603. The molecule has 1 aliphatic rings. The van der Waals surface area contributed by atoms with Crippen molar-refractivity contribution in [3.05, 3.63) is 0 Å². The third-order valence-corrected chi connectivity index (χ3v) is 4.50. The minimum Gasteiger partial charge on any atom is -0.468 e. The van der Waals surface area contributed by atoms with Gasteiger partial charge in [-0.1, -0.05) is 6.92 Å². The number of rotatable bonds is 7. The van der Waals surface area contributed by atoms with Gasteiger partial charge in [-0.3, -0.25) is 10.1 Å². The van der Waals surface area contributed by atoms with E-state index in [1.54, 1.807) is 0 Å². The zero-order valence-electron chi connectivity index (χ0n) is 14.6. The van der Waals surface area contributed by atoms with E-state index >= 15 is 0 Å². The number of carbonyl (C=O) groups excluding carboxylic acids is 1. The van der Waals surface area contributed by atoms with E-state index in [9.17, 15) is 4.79 Å². The van der Waals surface area contributed by atoms with Crippen LogP contribution in [0.5, 0.6) is 0 Å². The number of nitrogens with zero attached hydrogens (tertiary/aromatic N) is 2.